The lowest BCUT2D eigenvalue weighted by Gasteiger charge is -2.15. The molecule has 0 atom stereocenters. The molecule has 1 saturated heterocycles. The van der Waals surface area contributed by atoms with Crippen molar-refractivity contribution >= 4 is 33.7 Å². The number of aliphatic carboxylic acids is 1. The summed E-state index contributed by atoms with van der Waals surface area (Å²) in [5.74, 6) is -2.33. The van der Waals surface area contributed by atoms with Gasteiger partial charge in [0.25, 0.3) is 6.01 Å². The Kier molecular flexibility index (Phi) is 7.30. The van der Waals surface area contributed by atoms with Crippen LogP contribution in [0.5, 0.6) is 6.01 Å². The Hall–Kier alpha value is -3.86. The molecule has 8 nitrogen and oxygen atoms in total. The number of pyridine rings is 1. The maximum absolute atomic E-state index is 10.6. The van der Waals surface area contributed by atoms with E-state index >= 15 is 0 Å². The molecule has 0 bridgehead atoms. The number of hydrogen-bond acceptors (Lipinski definition) is 6. The number of imidazole rings is 1. The molecule has 0 saturated carbocycles. The zero-order valence-electron chi connectivity index (χ0n) is 19.6. The van der Waals surface area contributed by atoms with Crippen LogP contribution in [0.1, 0.15) is 24.0 Å². The maximum atomic E-state index is 10.6. The summed E-state index contributed by atoms with van der Waals surface area (Å²) in [7, 11) is 1.64. The van der Waals surface area contributed by atoms with Crippen LogP contribution in [-0.2, 0) is 17.9 Å². The number of carboxylic acids is 1. The lowest BCUT2D eigenvalue weighted by molar-refractivity contribution is -0.192. The van der Waals surface area contributed by atoms with Gasteiger partial charge in [-0.3, -0.25) is 9.47 Å². The minimum absolute atomic E-state index is 0.428. The van der Waals surface area contributed by atoms with Gasteiger partial charge in [0.15, 0.2) is 5.82 Å². The van der Waals surface area contributed by atoms with Gasteiger partial charge in [0.1, 0.15) is 5.52 Å². The summed E-state index contributed by atoms with van der Waals surface area (Å²) in [6, 6.07) is 17.4. The van der Waals surface area contributed by atoms with Gasteiger partial charge in [-0.15, -0.1) is 0 Å². The summed E-state index contributed by atoms with van der Waals surface area (Å²) >= 11 is 0. The Morgan fingerprint density at radius 2 is 1.61 bits per heavy atom. The van der Waals surface area contributed by atoms with Crippen LogP contribution in [0, 0.1) is 0 Å². The highest BCUT2D eigenvalue weighted by Gasteiger charge is 2.38. The Morgan fingerprint density at radius 1 is 1.03 bits per heavy atom. The predicted octanol–water partition coefficient (Wildman–Crippen LogP) is 4.45. The maximum Gasteiger partial charge on any atom is 0.490 e. The third-order valence-corrected chi connectivity index (χ3v) is 5.97. The van der Waals surface area contributed by atoms with Gasteiger partial charge in [-0.25, -0.2) is 9.78 Å². The number of likely N-dealkylation sites (tertiary alicyclic amines) is 1. The molecule has 1 aliphatic rings. The number of methoxy groups -OCH3 is 1. The summed E-state index contributed by atoms with van der Waals surface area (Å²) in [5.41, 5.74) is 11.3. The fourth-order valence-corrected chi connectivity index (χ4v) is 4.27. The summed E-state index contributed by atoms with van der Waals surface area (Å²) < 4.78 is 39.4. The minimum atomic E-state index is -5.08. The van der Waals surface area contributed by atoms with Gasteiger partial charge >= 0.3 is 12.1 Å². The molecular weight excluding hydrogens is 475 g/mol. The highest BCUT2D eigenvalue weighted by atomic mass is 19.4. The van der Waals surface area contributed by atoms with Gasteiger partial charge in [-0.05, 0) is 43.1 Å². The van der Waals surface area contributed by atoms with E-state index < -0.39 is 12.1 Å². The van der Waals surface area contributed by atoms with Gasteiger partial charge in [-0.2, -0.15) is 18.2 Å². The first-order valence-electron chi connectivity index (χ1n) is 11.4. The molecule has 0 radical (unpaired) electrons. The number of para-hydroxylation sites is 1. The number of alkyl halides is 3. The quantitative estimate of drug-likeness (QED) is 0.416. The number of anilines is 1. The lowest BCUT2D eigenvalue weighted by atomic mass is 10.1. The van der Waals surface area contributed by atoms with E-state index in [2.05, 4.69) is 49.8 Å². The second-order valence-electron chi connectivity index (χ2n) is 8.50. The van der Waals surface area contributed by atoms with Crippen molar-refractivity contribution in [3.8, 4) is 6.01 Å². The van der Waals surface area contributed by atoms with Crippen LogP contribution < -0.4 is 10.5 Å². The topological polar surface area (TPSA) is 107 Å². The molecule has 5 rings (SSSR count). The fraction of sp³-hybridized carbons (Fsp3) is 0.320. The molecule has 1 fully saturated rings. The molecule has 0 unspecified atom stereocenters. The Bertz CT molecular complexity index is 1360. The molecule has 3 N–H and O–H groups in total. The third-order valence-electron chi connectivity index (χ3n) is 5.97. The van der Waals surface area contributed by atoms with Gasteiger partial charge < -0.3 is 15.6 Å². The monoisotopic (exact) mass is 501 g/mol. The molecule has 2 aromatic carbocycles. The van der Waals surface area contributed by atoms with E-state index in [1.807, 2.05) is 18.2 Å². The molecule has 11 heteroatoms. The molecule has 3 heterocycles. The largest absolute Gasteiger partial charge is 0.490 e. The second-order valence-corrected chi connectivity index (χ2v) is 8.50. The van der Waals surface area contributed by atoms with E-state index in [4.69, 9.17) is 20.4 Å². The summed E-state index contributed by atoms with van der Waals surface area (Å²) in [6.45, 7) is 4.12. The number of rotatable bonds is 5. The number of nitrogens with two attached hydrogens (primary N) is 1. The molecule has 0 amide bonds. The number of carboxylic acid groups (broad SMARTS) is 1. The molecule has 2 aromatic heterocycles. The molecule has 0 aliphatic carbocycles. The molecular formula is C25H26F3N5O3. The summed E-state index contributed by atoms with van der Waals surface area (Å²) in [4.78, 5) is 20.5. The number of halogens is 3. The van der Waals surface area contributed by atoms with Crippen molar-refractivity contribution in [2.45, 2.75) is 32.1 Å². The zero-order chi connectivity index (χ0) is 25.9. The first-order valence-corrected chi connectivity index (χ1v) is 11.4. The van der Waals surface area contributed by atoms with Crippen LogP contribution in [0.4, 0.5) is 19.0 Å². The minimum Gasteiger partial charge on any atom is -0.475 e. The van der Waals surface area contributed by atoms with Crippen LogP contribution >= 0.6 is 0 Å². The van der Waals surface area contributed by atoms with E-state index in [-0.39, 0.29) is 0 Å². The van der Waals surface area contributed by atoms with Crippen molar-refractivity contribution < 1.29 is 27.8 Å². The third kappa shape index (κ3) is 5.51. The van der Waals surface area contributed by atoms with E-state index in [1.165, 1.54) is 37.1 Å². The van der Waals surface area contributed by atoms with E-state index in [9.17, 15) is 13.2 Å². The number of ether oxygens (including phenoxy) is 1. The summed E-state index contributed by atoms with van der Waals surface area (Å²) in [5, 5.41) is 8.15. The van der Waals surface area contributed by atoms with E-state index in [0.717, 1.165) is 23.0 Å². The molecule has 4 aromatic rings. The molecule has 36 heavy (non-hydrogen) atoms. The van der Waals surface area contributed by atoms with Crippen molar-refractivity contribution in [2.24, 2.45) is 0 Å². The number of nitrogen functional groups attached to an aromatic ring is 1. The highest BCUT2D eigenvalue weighted by molar-refractivity contribution is 6.06. The fourth-order valence-electron chi connectivity index (χ4n) is 4.27. The first kappa shape index (κ1) is 25.2. The van der Waals surface area contributed by atoms with E-state index in [1.54, 1.807) is 7.11 Å². The van der Waals surface area contributed by atoms with E-state index in [0.29, 0.717) is 23.9 Å². The van der Waals surface area contributed by atoms with Crippen LogP contribution in [-0.4, -0.2) is 56.9 Å². The lowest BCUT2D eigenvalue weighted by Crippen LogP contribution is -2.21. The number of fused-ring (bicyclic) bond motifs is 3. The van der Waals surface area contributed by atoms with Gasteiger partial charge in [0, 0.05) is 11.9 Å². The SMILES string of the molecule is COc1nc2c(N)nc3ccccc3c2n1Cc1ccc(CN2CCCC2)cc1.O=C(O)C(F)(F)F. The predicted molar refractivity (Wildman–Crippen MR) is 130 cm³/mol. The molecule has 1 aliphatic heterocycles. The number of benzene rings is 2. The number of aromatic nitrogens is 3. The van der Waals surface area contributed by atoms with Crippen molar-refractivity contribution in [1.82, 2.24) is 19.4 Å². The van der Waals surface area contributed by atoms with Crippen molar-refractivity contribution in [1.29, 1.82) is 0 Å². The first-order chi connectivity index (χ1) is 17.2. The number of hydrogen-bond donors (Lipinski definition) is 2. The number of carbonyl (C=O) groups is 1. The van der Waals surface area contributed by atoms with Gasteiger partial charge in [0.2, 0.25) is 0 Å². The van der Waals surface area contributed by atoms with Gasteiger partial charge in [-0.1, -0.05) is 42.5 Å². The van der Waals surface area contributed by atoms with Crippen LogP contribution in [0.3, 0.4) is 0 Å². The average molecular weight is 502 g/mol. The highest BCUT2D eigenvalue weighted by Crippen LogP contribution is 2.32. The van der Waals surface area contributed by atoms with Crippen molar-refractivity contribution in [3.05, 3.63) is 59.7 Å². The van der Waals surface area contributed by atoms with Crippen molar-refractivity contribution in [2.75, 3.05) is 25.9 Å². The Balaban J connectivity index is 0.000000384. The second kappa shape index (κ2) is 10.4. The molecule has 190 valence electrons. The van der Waals surface area contributed by atoms with Crippen LogP contribution in [0.25, 0.3) is 21.9 Å². The molecule has 0 spiro atoms. The van der Waals surface area contributed by atoms with Crippen LogP contribution in [0.15, 0.2) is 48.5 Å². The smallest absolute Gasteiger partial charge is 0.475 e. The van der Waals surface area contributed by atoms with Crippen molar-refractivity contribution in [3.63, 3.8) is 0 Å². The summed E-state index contributed by atoms with van der Waals surface area (Å²) in [6.07, 6.45) is -2.45. The number of nitrogens with zero attached hydrogens (tertiary/aromatic N) is 4. The standard InChI is InChI=1S/C23H25N5O.C2HF3O2/c1-29-23-26-20-21(18-6-2-3-7-19(18)25-22(20)24)28(23)15-17-10-8-16(9-11-17)14-27-12-4-5-13-27;3-2(4,5)1(6)7/h2-3,6-11H,4-5,12-15H2,1H3,(H2,24,25);(H,6,7). The average Bonchev–Trinajstić information content (AvgIpc) is 3.48. The van der Waals surface area contributed by atoms with Crippen LogP contribution in [0.2, 0.25) is 0 Å². The zero-order valence-corrected chi connectivity index (χ0v) is 19.6. The normalized spacial score (nSPS) is 14.1. The Morgan fingerprint density at radius 3 is 2.19 bits per heavy atom. The van der Waals surface area contributed by atoms with Gasteiger partial charge in [0.05, 0.1) is 24.7 Å². The Labute approximate surface area is 205 Å².